The molecule has 3 unspecified atom stereocenters. The summed E-state index contributed by atoms with van der Waals surface area (Å²) in [6, 6.07) is 20.4. The second kappa shape index (κ2) is 7.82. The van der Waals surface area contributed by atoms with Crippen LogP contribution in [-0.2, 0) is 14.3 Å². The first-order valence-electron chi connectivity index (χ1n) is 11.0. The normalized spacial score (nSPS) is 24.3. The van der Waals surface area contributed by atoms with Crippen molar-refractivity contribution in [1.82, 2.24) is 0 Å². The van der Waals surface area contributed by atoms with Crippen LogP contribution in [0.25, 0.3) is 0 Å². The van der Waals surface area contributed by atoms with E-state index in [2.05, 4.69) is 22.6 Å². The zero-order chi connectivity index (χ0) is 24.5. The van der Waals surface area contributed by atoms with Gasteiger partial charge in [0.15, 0.2) is 0 Å². The molecule has 174 valence electrons. The Hall–Kier alpha value is -3.37. The van der Waals surface area contributed by atoms with Gasteiger partial charge in [-0.3, -0.25) is 19.2 Å². The number of carbonyl (C=O) groups is 4. The highest BCUT2D eigenvalue weighted by molar-refractivity contribution is 14.1. The summed E-state index contributed by atoms with van der Waals surface area (Å²) in [6.07, 6.45) is -0.949. The average molecular weight is 579 g/mol. The van der Waals surface area contributed by atoms with Gasteiger partial charge in [0.2, 0.25) is 29.0 Å². The van der Waals surface area contributed by atoms with Crippen LogP contribution in [0.4, 0.5) is 5.69 Å². The largest absolute Gasteiger partial charge is 0.495 e. The number of hydrogen-bond acceptors (Lipinski definition) is 6. The van der Waals surface area contributed by atoms with Gasteiger partial charge < -0.3 is 9.47 Å². The van der Waals surface area contributed by atoms with Crippen LogP contribution in [0.1, 0.15) is 32.4 Å². The van der Waals surface area contributed by atoms with E-state index in [0.717, 1.165) is 8.47 Å². The summed E-state index contributed by atoms with van der Waals surface area (Å²) >= 11 is 2.16. The Morgan fingerprint density at radius 1 is 0.829 bits per heavy atom. The SMILES string of the molecule is COc1ccccc1N1C(=O)C2C(c3ccc(I)cc3)OC3(C(=O)c4ccccc4C3=O)C2C1=O. The molecule has 3 atom stereocenters. The van der Waals surface area contributed by atoms with Gasteiger partial charge in [-0.05, 0) is 52.4 Å². The number of benzene rings is 3. The van der Waals surface area contributed by atoms with E-state index in [4.69, 9.17) is 9.47 Å². The first kappa shape index (κ1) is 22.1. The Morgan fingerprint density at radius 3 is 2.06 bits per heavy atom. The summed E-state index contributed by atoms with van der Waals surface area (Å²) in [6.45, 7) is 0. The van der Waals surface area contributed by atoms with Crippen molar-refractivity contribution in [3.05, 3.63) is 93.1 Å². The number of halogens is 1. The maximum absolute atomic E-state index is 14.0. The van der Waals surface area contributed by atoms with Crippen molar-refractivity contribution in [1.29, 1.82) is 0 Å². The van der Waals surface area contributed by atoms with Gasteiger partial charge in [-0.1, -0.05) is 48.5 Å². The first-order valence-corrected chi connectivity index (χ1v) is 12.1. The van der Waals surface area contributed by atoms with E-state index in [0.29, 0.717) is 11.3 Å². The maximum Gasteiger partial charge on any atom is 0.241 e. The monoisotopic (exact) mass is 579 g/mol. The van der Waals surface area contributed by atoms with Gasteiger partial charge in [0, 0.05) is 14.7 Å². The highest BCUT2D eigenvalue weighted by atomic mass is 127. The number of methoxy groups -OCH3 is 1. The number of hydrogen-bond donors (Lipinski definition) is 0. The molecule has 3 aromatic rings. The van der Waals surface area contributed by atoms with E-state index < -0.39 is 46.9 Å². The van der Waals surface area contributed by atoms with Crippen LogP contribution in [0.3, 0.4) is 0 Å². The summed E-state index contributed by atoms with van der Waals surface area (Å²) in [5, 5.41) is 0. The number of amides is 2. The van der Waals surface area contributed by atoms with Crippen LogP contribution < -0.4 is 9.64 Å². The minimum Gasteiger partial charge on any atom is -0.495 e. The standard InChI is InChI=1S/C27H18INO6/c1-34-19-9-5-4-8-18(19)29-25(32)20-21(26(29)33)27(35-22(20)14-10-12-15(28)13-11-14)23(30)16-6-2-3-7-17(16)24(27)31/h2-13,20-22H,1H3. The zero-order valence-corrected chi connectivity index (χ0v) is 20.6. The molecule has 8 heteroatoms. The van der Waals surface area contributed by atoms with Gasteiger partial charge in [-0.2, -0.15) is 0 Å². The maximum atomic E-state index is 14.0. The number of imide groups is 1. The zero-order valence-electron chi connectivity index (χ0n) is 18.4. The second-order valence-electron chi connectivity index (χ2n) is 8.72. The third-order valence-electron chi connectivity index (χ3n) is 7.04. The molecule has 2 amide bonds. The van der Waals surface area contributed by atoms with Crippen molar-refractivity contribution in [3.63, 3.8) is 0 Å². The number of ketones is 2. The second-order valence-corrected chi connectivity index (χ2v) is 9.96. The van der Waals surface area contributed by atoms with Gasteiger partial charge in [0.05, 0.1) is 30.7 Å². The number of anilines is 1. The molecular weight excluding hydrogens is 561 g/mol. The molecule has 1 spiro atoms. The minimum absolute atomic E-state index is 0.204. The molecule has 2 fully saturated rings. The molecular formula is C27H18INO6. The Kier molecular flexibility index (Phi) is 4.94. The Morgan fingerprint density at radius 2 is 1.43 bits per heavy atom. The molecule has 0 N–H and O–H groups in total. The molecule has 6 rings (SSSR count). The van der Waals surface area contributed by atoms with Crippen molar-refractivity contribution in [3.8, 4) is 5.75 Å². The molecule has 3 aromatic carbocycles. The highest BCUT2D eigenvalue weighted by Crippen LogP contribution is 2.58. The number of fused-ring (bicyclic) bond motifs is 3. The Balaban J connectivity index is 1.55. The first-order chi connectivity index (χ1) is 16.9. The quantitative estimate of drug-likeness (QED) is 0.265. The van der Waals surface area contributed by atoms with Crippen molar-refractivity contribution in [2.24, 2.45) is 11.8 Å². The third kappa shape index (κ3) is 2.86. The predicted octanol–water partition coefficient (Wildman–Crippen LogP) is 3.99. The van der Waals surface area contributed by atoms with Gasteiger partial charge in [-0.25, -0.2) is 4.90 Å². The minimum atomic E-state index is -2.09. The van der Waals surface area contributed by atoms with Gasteiger partial charge in [0.1, 0.15) is 5.75 Å². The van der Waals surface area contributed by atoms with Crippen molar-refractivity contribution in [2.45, 2.75) is 11.7 Å². The lowest BCUT2D eigenvalue weighted by Crippen LogP contribution is -2.51. The molecule has 0 radical (unpaired) electrons. The smallest absolute Gasteiger partial charge is 0.241 e. The molecule has 2 heterocycles. The fourth-order valence-electron chi connectivity index (χ4n) is 5.52. The molecule has 3 aliphatic rings. The van der Waals surface area contributed by atoms with Crippen molar-refractivity contribution in [2.75, 3.05) is 12.0 Å². The molecule has 1 aliphatic carbocycles. The van der Waals surface area contributed by atoms with Crippen LogP contribution in [0, 0.1) is 15.4 Å². The summed E-state index contributed by atoms with van der Waals surface area (Å²) in [7, 11) is 1.45. The van der Waals surface area contributed by atoms with E-state index in [1.54, 1.807) is 60.7 Å². The van der Waals surface area contributed by atoms with E-state index in [1.807, 2.05) is 12.1 Å². The average Bonchev–Trinajstić information content (AvgIpc) is 3.44. The summed E-state index contributed by atoms with van der Waals surface area (Å²) in [5.74, 6) is -4.34. The van der Waals surface area contributed by atoms with Crippen LogP contribution >= 0.6 is 22.6 Å². The molecule has 0 bridgehead atoms. The lowest BCUT2D eigenvalue weighted by Gasteiger charge is -2.27. The van der Waals surface area contributed by atoms with E-state index in [1.165, 1.54) is 7.11 Å². The summed E-state index contributed by atoms with van der Waals surface area (Å²) in [4.78, 5) is 56.4. The number of ether oxygens (including phenoxy) is 2. The van der Waals surface area contributed by atoms with Crippen molar-refractivity contribution < 1.29 is 28.7 Å². The Labute approximate surface area is 214 Å². The molecule has 7 nitrogen and oxygen atoms in total. The lowest BCUT2D eigenvalue weighted by atomic mass is 9.77. The molecule has 2 saturated heterocycles. The van der Waals surface area contributed by atoms with E-state index >= 15 is 0 Å². The van der Waals surface area contributed by atoms with Gasteiger partial charge >= 0.3 is 0 Å². The fourth-order valence-corrected chi connectivity index (χ4v) is 5.88. The summed E-state index contributed by atoms with van der Waals surface area (Å²) in [5.41, 5.74) is -0.792. The molecule has 0 aromatic heterocycles. The van der Waals surface area contributed by atoms with Crippen LogP contribution in [0.15, 0.2) is 72.8 Å². The van der Waals surface area contributed by atoms with Gasteiger partial charge in [0.25, 0.3) is 0 Å². The topological polar surface area (TPSA) is 90.0 Å². The number of carbonyl (C=O) groups excluding carboxylic acids is 4. The van der Waals surface area contributed by atoms with Crippen LogP contribution in [0.2, 0.25) is 0 Å². The predicted molar refractivity (Wildman–Crippen MR) is 133 cm³/mol. The third-order valence-corrected chi connectivity index (χ3v) is 7.76. The van der Waals surface area contributed by atoms with Crippen LogP contribution in [0.5, 0.6) is 5.75 Å². The number of rotatable bonds is 3. The number of Topliss-reactive ketones (excluding diaryl/α,β-unsaturated/α-hetero) is 2. The van der Waals surface area contributed by atoms with E-state index in [9.17, 15) is 19.2 Å². The molecule has 35 heavy (non-hydrogen) atoms. The summed E-state index contributed by atoms with van der Waals surface area (Å²) < 4.78 is 12.7. The van der Waals surface area contributed by atoms with E-state index in [-0.39, 0.29) is 16.8 Å². The Bertz CT molecular complexity index is 1400. The fraction of sp³-hybridized carbons (Fsp3) is 0.185. The number of nitrogens with zero attached hydrogens (tertiary/aromatic N) is 1. The molecule has 2 aliphatic heterocycles. The lowest BCUT2D eigenvalue weighted by molar-refractivity contribution is -0.127. The number of para-hydroxylation sites is 2. The van der Waals surface area contributed by atoms with Gasteiger partial charge in [-0.15, -0.1) is 0 Å². The molecule has 0 saturated carbocycles. The van der Waals surface area contributed by atoms with Crippen LogP contribution in [-0.4, -0.2) is 36.1 Å². The van der Waals surface area contributed by atoms with Crippen molar-refractivity contribution >= 4 is 51.7 Å². The highest BCUT2D eigenvalue weighted by Gasteiger charge is 2.74.